The topological polar surface area (TPSA) is 76.2 Å². The van der Waals surface area contributed by atoms with Gasteiger partial charge in [0.05, 0.1) is 11.3 Å². The number of aromatic nitrogens is 1. The standard InChI is InChI=1S/C12H12N2O2S/c1-6-3-4-9(17-6)8-5-14-7(2)10(11(8)15)12(13)16/h3-5H,1-2H3,(H2,13,16)(H,14,15). The van der Waals surface area contributed by atoms with E-state index in [1.165, 1.54) is 11.3 Å². The van der Waals surface area contributed by atoms with E-state index >= 15 is 0 Å². The number of carbonyl (C=O) groups excluding carboxylic acids is 1. The Hall–Kier alpha value is -1.88. The number of nitrogens with zero attached hydrogens (tertiary/aromatic N) is 1. The highest BCUT2D eigenvalue weighted by atomic mass is 32.1. The van der Waals surface area contributed by atoms with Gasteiger partial charge in [0, 0.05) is 16.0 Å². The van der Waals surface area contributed by atoms with Crippen molar-refractivity contribution in [3.8, 4) is 16.2 Å². The average molecular weight is 248 g/mol. The first-order chi connectivity index (χ1) is 8.00. The first kappa shape index (κ1) is 11.6. The van der Waals surface area contributed by atoms with Crippen LogP contribution in [-0.2, 0) is 0 Å². The summed E-state index contributed by atoms with van der Waals surface area (Å²) in [7, 11) is 0. The summed E-state index contributed by atoms with van der Waals surface area (Å²) in [5, 5.41) is 10.1. The molecule has 0 aliphatic heterocycles. The van der Waals surface area contributed by atoms with Gasteiger partial charge in [-0.15, -0.1) is 11.3 Å². The number of rotatable bonds is 2. The monoisotopic (exact) mass is 248 g/mol. The van der Waals surface area contributed by atoms with E-state index in [2.05, 4.69) is 4.98 Å². The van der Waals surface area contributed by atoms with Gasteiger partial charge in [-0.2, -0.15) is 0 Å². The van der Waals surface area contributed by atoms with Gasteiger partial charge in [0.1, 0.15) is 11.3 Å². The van der Waals surface area contributed by atoms with Crippen LogP contribution in [0.1, 0.15) is 20.9 Å². The second-order valence-electron chi connectivity index (χ2n) is 3.76. The van der Waals surface area contributed by atoms with E-state index in [1.807, 2.05) is 19.1 Å². The average Bonchev–Trinajstić information content (AvgIpc) is 2.64. The molecule has 2 aromatic rings. The number of pyridine rings is 1. The third-order valence-corrected chi connectivity index (χ3v) is 3.53. The van der Waals surface area contributed by atoms with Crippen LogP contribution >= 0.6 is 11.3 Å². The van der Waals surface area contributed by atoms with Crippen molar-refractivity contribution in [2.45, 2.75) is 13.8 Å². The Kier molecular flexibility index (Phi) is 2.85. The Balaban J connectivity index is 2.65. The van der Waals surface area contributed by atoms with Crippen LogP contribution in [0, 0.1) is 13.8 Å². The van der Waals surface area contributed by atoms with Crippen LogP contribution < -0.4 is 5.73 Å². The third-order valence-electron chi connectivity index (χ3n) is 2.49. The minimum atomic E-state index is -0.664. The normalized spacial score (nSPS) is 10.5. The van der Waals surface area contributed by atoms with Gasteiger partial charge >= 0.3 is 0 Å². The summed E-state index contributed by atoms with van der Waals surface area (Å²) in [5.41, 5.74) is 6.30. The molecule has 0 atom stereocenters. The van der Waals surface area contributed by atoms with Crippen molar-refractivity contribution >= 4 is 17.2 Å². The molecule has 0 spiro atoms. The molecule has 5 heteroatoms. The van der Waals surface area contributed by atoms with Crippen LogP contribution in [0.4, 0.5) is 0 Å². The second-order valence-corrected chi connectivity index (χ2v) is 5.04. The predicted octanol–water partition coefficient (Wildman–Crippen LogP) is 2.23. The Labute approximate surface area is 103 Å². The number of hydrogen-bond donors (Lipinski definition) is 2. The number of thiophene rings is 1. The lowest BCUT2D eigenvalue weighted by Crippen LogP contribution is -2.14. The maximum absolute atomic E-state index is 11.3. The molecule has 0 unspecified atom stereocenters. The van der Waals surface area contributed by atoms with Crippen molar-refractivity contribution in [3.63, 3.8) is 0 Å². The van der Waals surface area contributed by atoms with Gasteiger partial charge in [-0.25, -0.2) is 0 Å². The predicted molar refractivity (Wildman–Crippen MR) is 67.2 cm³/mol. The summed E-state index contributed by atoms with van der Waals surface area (Å²) >= 11 is 1.53. The molecule has 0 bridgehead atoms. The molecule has 3 N–H and O–H groups in total. The fourth-order valence-electron chi connectivity index (χ4n) is 1.65. The van der Waals surface area contributed by atoms with Crippen LogP contribution in [0.25, 0.3) is 10.4 Å². The molecule has 2 heterocycles. The molecular weight excluding hydrogens is 236 g/mol. The van der Waals surface area contributed by atoms with E-state index in [-0.39, 0.29) is 11.3 Å². The van der Waals surface area contributed by atoms with Crippen molar-refractivity contribution in [1.29, 1.82) is 0 Å². The molecule has 88 valence electrons. The van der Waals surface area contributed by atoms with E-state index in [1.54, 1.807) is 13.1 Å². The highest BCUT2D eigenvalue weighted by Gasteiger charge is 2.17. The number of primary amides is 1. The van der Waals surface area contributed by atoms with E-state index in [4.69, 9.17) is 5.73 Å². The minimum absolute atomic E-state index is 0.0909. The highest BCUT2D eigenvalue weighted by Crippen LogP contribution is 2.36. The van der Waals surface area contributed by atoms with Gasteiger partial charge in [-0.05, 0) is 26.0 Å². The van der Waals surface area contributed by atoms with Gasteiger partial charge in [0.15, 0.2) is 0 Å². The zero-order chi connectivity index (χ0) is 12.6. The maximum Gasteiger partial charge on any atom is 0.254 e. The van der Waals surface area contributed by atoms with Gasteiger partial charge in [0.25, 0.3) is 5.91 Å². The zero-order valence-corrected chi connectivity index (χ0v) is 10.3. The maximum atomic E-state index is 11.3. The van der Waals surface area contributed by atoms with Crippen LogP contribution in [-0.4, -0.2) is 16.0 Å². The fourth-order valence-corrected chi connectivity index (χ4v) is 2.53. The Bertz CT molecular complexity index is 590. The first-order valence-corrected chi connectivity index (χ1v) is 5.87. The Morgan fingerprint density at radius 2 is 2.12 bits per heavy atom. The molecule has 17 heavy (non-hydrogen) atoms. The lowest BCUT2D eigenvalue weighted by molar-refractivity contribution is 0.0997. The first-order valence-electron chi connectivity index (χ1n) is 5.06. The summed E-state index contributed by atoms with van der Waals surface area (Å²) in [6, 6.07) is 3.83. The molecule has 0 fully saturated rings. The lowest BCUT2D eigenvalue weighted by Gasteiger charge is -2.08. The molecule has 2 rings (SSSR count). The Morgan fingerprint density at radius 1 is 1.41 bits per heavy atom. The zero-order valence-electron chi connectivity index (χ0n) is 9.52. The van der Waals surface area contributed by atoms with Gasteiger partial charge in [-0.3, -0.25) is 9.78 Å². The summed E-state index contributed by atoms with van der Waals surface area (Å²) in [5.74, 6) is -0.755. The largest absolute Gasteiger partial charge is 0.506 e. The summed E-state index contributed by atoms with van der Waals surface area (Å²) in [6.07, 6.45) is 1.56. The molecule has 0 saturated carbocycles. The summed E-state index contributed by atoms with van der Waals surface area (Å²) < 4.78 is 0. The molecule has 0 saturated heterocycles. The minimum Gasteiger partial charge on any atom is -0.506 e. The summed E-state index contributed by atoms with van der Waals surface area (Å²) in [4.78, 5) is 17.3. The quantitative estimate of drug-likeness (QED) is 0.855. The SMILES string of the molecule is Cc1ccc(-c2cnc(C)c(C(N)=O)c2O)s1. The van der Waals surface area contributed by atoms with Crippen LogP contribution in [0.2, 0.25) is 0 Å². The number of nitrogens with two attached hydrogens (primary N) is 1. The molecule has 0 aliphatic rings. The number of aryl methyl sites for hydroxylation is 2. The van der Waals surface area contributed by atoms with E-state index < -0.39 is 5.91 Å². The number of hydrogen-bond acceptors (Lipinski definition) is 4. The van der Waals surface area contributed by atoms with Crippen LogP contribution in [0.3, 0.4) is 0 Å². The number of aromatic hydroxyl groups is 1. The molecule has 0 aliphatic carbocycles. The second kappa shape index (κ2) is 4.18. The molecule has 2 aromatic heterocycles. The van der Waals surface area contributed by atoms with E-state index in [9.17, 15) is 9.90 Å². The molecule has 0 radical (unpaired) electrons. The van der Waals surface area contributed by atoms with Crippen molar-refractivity contribution in [3.05, 3.63) is 34.5 Å². The van der Waals surface area contributed by atoms with Gasteiger partial charge in [0.2, 0.25) is 0 Å². The molecular formula is C12H12N2O2S. The molecule has 1 amide bonds. The Morgan fingerprint density at radius 3 is 2.65 bits per heavy atom. The van der Waals surface area contributed by atoms with Crippen molar-refractivity contribution in [2.24, 2.45) is 5.73 Å². The number of carbonyl (C=O) groups is 1. The van der Waals surface area contributed by atoms with Crippen LogP contribution in [0.15, 0.2) is 18.3 Å². The molecule has 0 aromatic carbocycles. The van der Waals surface area contributed by atoms with Crippen molar-refractivity contribution < 1.29 is 9.90 Å². The third kappa shape index (κ3) is 2.01. The van der Waals surface area contributed by atoms with Gasteiger partial charge in [-0.1, -0.05) is 0 Å². The fraction of sp³-hybridized carbons (Fsp3) is 0.167. The van der Waals surface area contributed by atoms with Gasteiger partial charge < -0.3 is 10.8 Å². The van der Waals surface area contributed by atoms with Crippen molar-refractivity contribution in [2.75, 3.05) is 0 Å². The number of amides is 1. The van der Waals surface area contributed by atoms with E-state index in [0.717, 1.165) is 9.75 Å². The molecule has 4 nitrogen and oxygen atoms in total. The highest BCUT2D eigenvalue weighted by molar-refractivity contribution is 7.15. The summed E-state index contributed by atoms with van der Waals surface area (Å²) in [6.45, 7) is 3.62. The lowest BCUT2D eigenvalue weighted by atomic mass is 10.1. The van der Waals surface area contributed by atoms with Crippen LogP contribution in [0.5, 0.6) is 5.75 Å². The smallest absolute Gasteiger partial charge is 0.254 e. The van der Waals surface area contributed by atoms with E-state index in [0.29, 0.717) is 11.3 Å². The van der Waals surface area contributed by atoms with Crippen molar-refractivity contribution in [1.82, 2.24) is 4.98 Å².